The van der Waals surface area contributed by atoms with Gasteiger partial charge in [0.15, 0.2) is 29.0 Å². The van der Waals surface area contributed by atoms with Crippen LogP contribution in [0.4, 0.5) is 23.2 Å². The molecule has 5 rings (SSSR count). The van der Waals surface area contributed by atoms with Gasteiger partial charge >= 0.3 is 0 Å². The maximum Gasteiger partial charge on any atom is 0.200 e. The smallest absolute Gasteiger partial charge is 0.200 e. The highest BCUT2D eigenvalue weighted by Crippen LogP contribution is 2.51. The van der Waals surface area contributed by atoms with E-state index >= 15 is 4.39 Å². The topological polar surface area (TPSA) is 46.4 Å². The van der Waals surface area contributed by atoms with Crippen LogP contribution in [0.1, 0.15) is 60.7 Å². The largest absolute Gasteiger partial charge is 0.545 e. The number of anilines is 1. The van der Waals surface area contributed by atoms with E-state index in [4.69, 9.17) is 0 Å². The monoisotopic (exact) mass is 524 g/mol. The van der Waals surface area contributed by atoms with E-state index in [0.29, 0.717) is 11.1 Å². The normalized spacial score (nSPS) is 17.6. The van der Waals surface area contributed by atoms with Crippen molar-refractivity contribution in [2.45, 2.75) is 39.0 Å². The van der Waals surface area contributed by atoms with Crippen LogP contribution in [0.25, 0.3) is 5.57 Å². The zero-order valence-electron chi connectivity index (χ0n) is 21.7. The Labute approximate surface area is 218 Å². The van der Waals surface area contributed by atoms with Crippen LogP contribution in [-0.2, 0) is 5.41 Å². The van der Waals surface area contributed by atoms with Crippen LogP contribution in [-0.4, -0.2) is 42.9 Å². The molecule has 2 aromatic carbocycles. The summed E-state index contributed by atoms with van der Waals surface area (Å²) >= 11 is 0. The highest BCUT2D eigenvalue weighted by Gasteiger charge is 2.41. The fourth-order valence-electron chi connectivity index (χ4n) is 5.63. The fraction of sp³-hybridized carbons (Fsp3) is 0.333. The van der Waals surface area contributed by atoms with E-state index < -0.39 is 45.8 Å². The van der Waals surface area contributed by atoms with Gasteiger partial charge in [-0.2, -0.15) is 0 Å². The van der Waals surface area contributed by atoms with Gasteiger partial charge in [-0.05, 0) is 46.9 Å². The summed E-state index contributed by atoms with van der Waals surface area (Å²) in [5, 5.41) is 12.0. The summed E-state index contributed by atoms with van der Waals surface area (Å²) in [5.74, 6) is -10.1. The number of hydrogen-bond acceptors (Lipinski definition) is 3. The number of nitrogens with zero attached hydrogens (tertiary/aromatic N) is 2. The van der Waals surface area contributed by atoms with Gasteiger partial charge in [-0.1, -0.05) is 26.8 Å². The molecule has 0 unspecified atom stereocenters. The zero-order valence-corrected chi connectivity index (χ0v) is 21.7. The third-order valence-corrected chi connectivity index (χ3v) is 7.83. The first-order valence-electron chi connectivity index (χ1n) is 12.7. The quantitative estimate of drug-likeness (QED) is 0.242. The van der Waals surface area contributed by atoms with Crippen LogP contribution in [0.3, 0.4) is 0 Å². The molecule has 0 bridgehead atoms. The van der Waals surface area contributed by atoms with Gasteiger partial charge in [0.25, 0.3) is 0 Å². The van der Waals surface area contributed by atoms with Crippen LogP contribution < -0.4 is 10.0 Å². The van der Waals surface area contributed by atoms with Gasteiger partial charge in [0.2, 0.25) is 0 Å². The van der Waals surface area contributed by atoms with E-state index in [-0.39, 0.29) is 5.57 Å². The van der Waals surface area contributed by atoms with Crippen LogP contribution in [0.5, 0.6) is 0 Å². The van der Waals surface area contributed by atoms with E-state index in [1.54, 1.807) is 18.2 Å². The molecule has 0 amide bonds. The highest BCUT2D eigenvalue weighted by molar-refractivity contribution is 6.08. The predicted molar refractivity (Wildman–Crippen MR) is 136 cm³/mol. The predicted octanol–water partition coefficient (Wildman–Crippen LogP) is 4.90. The summed E-state index contributed by atoms with van der Waals surface area (Å²) in [6, 6.07) is 5.45. The Balaban J connectivity index is 1.90. The summed E-state index contributed by atoms with van der Waals surface area (Å²) in [4.78, 5) is 14.1. The third-order valence-electron chi connectivity index (χ3n) is 7.83. The summed E-state index contributed by atoms with van der Waals surface area (Å²) in [7, 11) is 1.94. The fourth-order valence-corrected chi connectivity index (χ4v) is 5.63. The summed E-state index contributed by atoms with van der Waals surface area (Å²) in [6.45, 7) is 8.62. The summed E-state index contributed by atoms with van der Waals surface area (Å²) in [5.41, 5.74) is 1.31. The molecule has 1 fully saturated rings. The Bertz CT molecular complexity index is 1510. The molecule has 0 N–H and O–H groups in total. The van der Waals surface area contributed by atoms with Gasteiger partial charge in [0.1, 0.15) is 13.1 Å². The lowest BCUT2D eigenvalue weighted by Gasteiger charge is -2.40. The first-order valence-corrected chi connectivity index (χ1v) is 12.7. The van der Waals surface area contributed by atoms with Gasteiger partial charge in [0, 0.05) is 53.5 Å². The third kappa shape index (κ3) is 3.80. The van der Waals surface area contributed by atoms with Crippen molar-refractivity contribution in [1.82, 2.24) is 0 Å². The number of fused-ring (bicyclic) bond motifs is 2. The van der Waals surface area contributed by atoms with Gasteiger partial charge in [-0.3, -0.25) is 0 Å². The average Bonchev–Trinajstić information content (AvgIpc) is 2.85. The Kier molecular flexibility index (Phi) is 6.32. The van der Waals surface area contributed by atoms with Crippen molar-refractivity contribution in [2.75, 3.05) is 31.6 Å². The SMILES string of the molecule is CCCN(C)c1ccc2c(c1)C(C)(C)C1=CC(=[N+]3CCC3)C=CC1=C2c1c(F)c(F)c(F)c(F)c1C(=O)[O-]. The highest BCUT2D eigenvalue weighted by atomic mass is 19.2. The molecule has 3 aliphatic rings. The standard InChI is InChI=1S/C30H28F4N2O2/c1-5-11-35(4)16-7-9-18-20(14-16)30(2,3)21-15-17(36-12-6-13-36)8-10-19(21)22(18)23-24(29(37)38)26(32)28(34)27(33)25(23)31/h7-10,14-15H,5-6,11-13H2,1-4H3. The number of carbonyl (C=O) groups is 1. The number of aromatic carboxylic acids is 1. The maximum atomic E-state index is 15.5. The lowest BCUT2D eigenvalue weighted by Crippen LogP contribution is -2.35. The van der Waals surface area contributed by atoms with E-state index in [0.717, 1.165) is 55.0 Å². The number of carbonyl (C=O) groups excluding carboxylic acids is 1. The van der Waals surface area contributed by atoms with Gasteiger partial charge < -0.3 is 14.8 Å². The molecule has 38 heavy (non-hydrogen) atoms. The molecular weight excluding hydrogens is 496 g/mol. The maximum absolute atomic E-state index is 15.5. The van der Waals surface area contributed by atoms with E-state index in [9.17, 15) is 23.1 Å². The number of allylic oxidation sites excluding steroid dienone is 5. The van der Waals surface area contributed by atoms with Crippen molar-refractivity contribution in [3.05, 3.63) is 93.1 Å². The van der Waals surface area contributed by atoms with E-state index in [1.807, 2.05) is 39.1 Å². The van der Waals surface area contributed by atoms with Gasteiger partial charge in [-0.15, -0.1) is 0 Å². The lowest BCUT2D eigenvalue weighted by atomic mass is 9.64. The van der Waals surface area contributed by atoms with Crippen LogP contribution in [0, 0.1) is 23.3 Å². The number of rotatable bonds is 5. The Morgan fingerprint density at radius 1 is 1.05 bits per heavy atom. The molecule has 0 spiro atoms. The molecule has 2 aromatic rings. The molecule has 1 saturated heterocycles. The minimum atomic E-state index is -2.19. The Morgan fingerprint density at radius 3 is 2.34 bits per heavy atom. The molecule has 0 radical (unpaired) electrons. The van der Waals surface area contributed by atoms with Crippen molar-refractivity contribution >= 4 is 22.9 Å². The summed E-state index contributed by atoms with van der Waals surface area (Å²) < 4.78 is 61.3. The number of hydrogen-bond donors (Lipinski definition) is 0. The second-order valence-corrected chi connectivity index (χ2v) is 10.5. The number of carboxylic acids is 1. The van der Waals surface area contributed by atoms with Crippen molar-refractivity contribution in [2.24, 2.45) is 0 Å². The second kappa shape index (κ2) is 9.26. The van der Waals surface area contributed by atoms with E-state index in [1.165, 1.54) is 0 Å². The minimum Gasteiger partial charge on any atom is -0.545 e. The Hall–Kier alpha value is -3.68. The molecule has 0 saturated carbocycles. The molecule has 2 aliphatic carbocycles. The van der Waals surface area contributed by atoms with Crippen LogP contribution >= 0.6 is 0 Å². The average molecular weight is 525 g/mol. The summed E-state index contributed by atoms with van der Waals surface area (Å²) in [6.07, 6.45) is 7.48. The van der Waals surface area contributed by atoms with Gasteiger partial charge in [0.05, 0.1) is 12.4 Å². The lowest BCUT2D eigenvalue weighted by molar-refractivity contribution is -0.582. The minimum absolute atomic E-state index is 0.0105. The first-order chi connectivity index (χ1) is 18.0. The molecule has 0 atom stereocenters. The van der Waals surface area contributed by atoms with Crippen LogP contribution in [0.15, 0.2) is 47.6 Å². The molecule has 0 aromatic heterocycles. The second-order valence-electron chi connectivity index (χ2n) is 10.5. The van der Waals surface area contributed by atoms with Crippen LogP contribution in [0.2, 0.25) is 0 Å². The van der Waals surface area contributed by atoms with Crippen molar-refractivity contribution in [3.8, 4) is 0 Å². The Morgan fingerprint density at radius 2 is 1.74 bits per heavy atom. The first kappa shape index (κ1) is 25.9. The molecular formula is C30H28F4N2O2. The zero-order chi connectivity index (χ0) is 27.5. The van der Waals surface area contributed by atoms with Crippen molar-refractivity contribution in [1.29, 1.82) is 0 Å². The number of halogens is 4. The molecule has 1 heterocycles. The van der Waals surface area contributed by atoms with Crippen molar-refractivity contribution in [3.63, 3.8) is 0 Å². The number of carboxylic acid groups (broad SMARTS) is 1. The van der Waals surface area contributed by atoms with Gasteiger partial charge in [-0.25, -0.2) is 22.1 Å². The number of benzene rings is 2. The molecule has 8 heteroatoms. The molecule has 1 aliphatic heterocycles. The van der Waals surface area contributed by atoms with Crippen molar-refractivity contribution < 1.29 is 32.0 Å². The van der Waals surface area contributed by atoms with E-state index in [2.05, 4.69) is 16.4 Å². The molecule has 198 valence electrons. The molecule has 4 nitrogen and oxygen atoms in total.